The summed E-state index contributed by atoms with van der Waals surface area (Å²) in [5.74, 6) is -0.345. The SMILES string of the molecule is Cc1nn(Cc2c(F)cccc2Cl)c(C)c1NC(=S)N1CCN(Cc2ccc(Cl)cc2Cl)CC1. The van der Waals surface area contributed by atoms with E-state index in [0.717, 1.165) is 55.4 Å². The predicted octanol–water partition coefficient (Wildman–Crippen LogP) is 6.16. The Hall–Kier alpha value is -1.90. The van der Waals surface area contributed by atoms with Crippen molar-refractivity contribution < 1.29 is 4.39 Å². The quantitative estimate of drug-likeness (QED) is 0.392. The molecule has 1 aliphatic rings. The minimum absolute atomic E-state index is 0.249. The van der Waals surface area contributed by atoms with Crippen molar-refractivity contribution in [2.45, 2.75) is 26.9 Å². The summed E-state index contributed by atoms with van der Waals surface area (Å²) in [7, 11) is 0. The molecule has 0 bridgehead atoms. The predicted molar refractivity (Wildman–Crippen MR) is 142 cm³/mol. The highest BCUT2D eigenvalue weighted by Crippen LogP contribution is 2.26. The molecule has 1 aliphatic heterocycles. The molecule has 0 amide bonds. The molecule has 10 heteroatoms. The van der Waals surface area contributed by atoms with Crippen LogP contribution in [0.5, 0.6) is 0 Å². The summed E-state index contributed by atoms with van der Waals surface area (Å²) in [5, 5.41) is 10.3. The van der Waals surface area contributed by atoms with Crippen LogP contribution in [-0.4, -0.2) is 50.9 Å². The van der Waals surface area contributed by atoms with Crippen LogP contribution in [0.1, 0.15) is 22.5 Å². The summed E-state index contributed by atoms with van der Waals surface area (Å²) >= 11 is 24.2. The molecule has 34 heavy (non-hydrogen) atoms. The molecule has 5 nitrogen and oxygen atoms in total. The van der Waals surface area contributed by atoms with E-state index in [9.17, 15) is 4.39 Å². The number of aryl methyl sites for hydroxylation is 1. The van der Waals surface area contributed by atoms with Crippen LogP contribution >= 0.6 is 47.0 Å². The van der Waals surface area contributed by atoms with Crippen molar-refractivity contribution in [3.05, 3.63) is 79.8 Å². The molecule has 0 atom stereocenters. The van der Waals surface area contributed by atoms with Gasteiger partial charge < -0.3 is 10.2 Å². The number of piperazine rings is 1. The Balaban J connectivity index is 1.37. The van der Waals surface area contributed by atoms with Gasteiger partial charge in [0.05, 0.1) is 23.6 Å². The molecule has 2 aromatic carbocycles. The third kappa shape index (κ3) is 5.66. The maximum absolute atomic E-state index is 14.3. The lowest BCUT2D eigenvalue weighted by Gasteiger charge is -2.36. The fourth-order valence-corrected chi connectivity index (χ4v) is 5.03. The maximum atomic E-state index is 14.3. The number of hydrogen-bond donors (Lipinski definition) is 1. The number of nitrogens with one attached hydrogen (secondary N) is 1. The molecule has 1 N–H and O–H groups in total. The molecule has 0 saturated carbocycles. The van der Waals surface area contributed by atoms with Crippen molar-refractivity contribution in [2.75, 3.05) is 31.5 Å². The highest BCUT2D eigenvalue weighted by atomic mass is 35.5. The van der Waals surface area contributed by atoms with Crippen molar-refractivity contribution in [2.24, 2.45) is 0 Å². The molecule has 0 unspecified atom stereocenters. The van der Waals surface area contributed by atoms with Gasteiger partial charge in [0, 0.05) is 53.4 Å². The van der Waals surface area contributed by atoms with E-state index in [-0.39, 0.29) is 12.4 Å². The number of aromatic nitrogens is 2. The lowest BCUT2D eigenvalue weighted by atomic mass is 10.2. The normalized spacial score (nSPS) is 14.5. The fourth-order valence-electron chi connectivity index (χ4n) is 4.05. The van der Waals surface area contributed by atoms with Gasteiger partial charge in [0.25, 0.3) is 0 Å². The van der Waals surface area contributed by atoms with Crippen LogP contribution in [0.15, 0.2) is 36.4 Å². The van der Waals surface area contributed by atoms with Crippen LogP contribution in [0.3, 0.4) is 0 Å². The molecule has 2 heterocycles. The van der Waals surface area contributed by atoms with Crippen LogP contribution in [0.25, 0.3) is 0 Å². The maximum Gasteiger partial charge on any atom is 0.173 e. The van der Waals surface area contributed by atoms with Crippen molar-refractivity contribution >= 4 is 57.8 Å². The molecule has 1 fully saturated rings. The molecule has 3 aromatic rings. The zero-order chi connectivity index (χ0) is 24.4. The van der Waals surface area contributed by atoms with Crippen LogP contribution in [0, 0.1) is 19.7 Å². The van der Waals surface area contributed by atoms with E-state index in [2.05, 4.69) is 20.2 Å². The summed E-state index contributed by atoms with van der Waals surface area (Å²) in [5.41, 5.74) is 3.99. The second-order valence-corrected chi connectivity index (χ2v) is 9.97. The Labute approximate surface area is 219 Å². The van der Waals surface area contributed by atoms with Gasteiger partial charge in [-0.05, 0) is 55.9 Å². The molecular weight excluding hydrogens is 516 g/mol. The van der Waals surface area contributed by atoms with Gasteiger partial charge in [-0.25, -0.2) is 4.39 Å². The number of thiocarbonyl (C=S) groups is 1. The zero-order valence-corrected chi connectivity index (χ0v) is 22.0. The number of rotatable bonds is 5. The molecule has 1 saturated heterocycles. The smallest absolute Gasteiger partial charge is 0.173 e. The van der Waals surface area contributed by atoms with E-state index in [1.54, 1.807) is 22.9 Å². The standard InChI is InChI=1S/C24H25Cl3FN5S/c1-15-23(16(2)33(30-15)14-19-20(26)4-3-5-22(19)28)29-24(34)32-10-8-31(9-11-32)13-17-6-7-18(25)12-21(17)27/h3-7,12H,8-11,13-14H2,1-2H3,(H,29,34). The lowest BCUT2D eigenvalue weighted by molar-refractivity contribution is 0.177. The Morgan fingerprint density at radius 3 is 2.44 bits per heavy atom. The van der Waals surface area contributed by atoms with Gasteiger partial charge in [-0.2, -0.15) is 5.10 Å². The van der Waals surface area contributed by atoms with Crippen molar-refractivity contribution in [3.8, 4) is 0 Å². The first-order chi connectivity index (χ1) is 16.2. The Morgan fingerprint density at radius 1 is 1.03 bits per heavy atom. The van der Waals surface area contributed by atoms with Gasteiger partial charge in [-0.1, -0.05) is 46.9 Å². The van der Waals surface area contributed by atoms with E-state index < -0.39 is 0 Å². The van der Waals surface area contributed by atoms with Crippen molar-refractivity contribution in [3.63, 3.8) is 0 Å². The number of nitrogens with zero attached hydrogens (tertiary/aromatic N) is 4. The molecule has 1 aromatic heterocycles. The van der Waals surface area contributed by atoms with Crippen molar-refractivity contribution in [1.29, 1.82) is 0 Å². The molecule has 0 radical (unpaired) electrons. The van der Waals surface area contributed by atoms with Crippen molar-refractivity contribution in [1.82, 2.24) is 19.6 Å². The highest BCUT2D eigenvalue weighted by molar-refractivity contribution is 7.80. The summed E-state index contributed by atoms with van der Waals surface area (Å²) in [6.07, 6.45) is 0. The first-order valence-corrected chi connectivity index (χ1v) is 12.5. The summed E-state index contributed by atoms with van der Waals surface area (Å²) in [6.45, 7) is 8.20. The summed E-state index contributed by atoms with van der Waals surface area (Å²) in [4.78, 5) is 4.50. The number of hydrogen-bond acceptors (Lipinski definition) is 3. The molecule has 180 valence electrons. The largest absolute Gasteiger partial charge is 0.346 e. The van der Waals surface area contributed by atoms with Crippen LogP contribution < -0.4 is 5.32 Å². The van der Waals surface area contributed by atoms with Gasteiger partial charge in [0.2, 0.25) is 0 Å². The monoisotopic (exact) mass is 539 g/mol. The zero-order valence-electron chi connectivity index (χ0n) is 18.9. The number of halogens is 4. The molecule has 4 rings (SSSR count). The van der Waals surface area contributed by atoms with E-state index in [4.69, 9.17) is 47.0 Å². The minimum atomic E-state index is -0.345. The second-order valence-electron chi connectivity index (χ2n) is 8.33. The average molecular weight is 541 g/mol. The Kier molecular flexibility index (Phi) is 8.00. The Bertz CT molecular complexity index is 1190. The Morgan fingerprint density at radius 2 is 1.76 bits per heavy atom. The minimum Gasteiger partial charge on any atom is -0.346 e. The summed E-state index contributed by atoms with van der Waals surface area (Å²) < 4.78 is 16.0. The van der Waals surface area contributed by atoms with E-state index >= 15 is 0 Å². The van der Waals surface area contributed by atoms with Crippen LogP contribution in [-0.2, 0) is 13.1 Å². The van der Waals surface area contributed by atoms with Crippen LogP contribution in [0.4, 0.5) is 10.1 Å². The van der Waals surface area contributed by atoms with E-state index in [1.165, 1.54) is 6.07 Å². The first kappa shape index (κ1) is 25.2. The van der Waals surface area contributed by atoms with Gasteiger partial charge in [-0.3, -0.25) is 9.58 Å². The third-order valence-electron chi connectivity index (χ3n) is 6.05. The average Bonchev–Trinajstić information content (AvgIpc) is 3.06. The molecule has 0 spiro atoms. The van der Waals surface area contributed by atoms with Gasteiger partial charge in [0.1, 0.15) is 5.82 Å². The lowest BCUT2D eigenvalue weighted by Crippen LogP contribution is -2.49. The van der Waals surface area contributed by atoms with Crippen LogP contribution in [0.2, 0.25) is 15.1 Å². The van der Waals surface area contributed by atoms with Gasteiger partial charge >= 0.3 is 0 Å². The number of benzene rings is 2. The third-order valence-corrected chi connectivity index (χ3v) is 7.35. The second kappa shape index (κ2) is 10.8. The number of anilines is 1. The highest BCUT2D eigenvalue weighted by Gasteiger charge is 2.22. The van der Waals surface area contributed by atoms with Gasteiger partial charge in [-0.15, -0.1) is 0 Å². The van der Waals surface area contributed by atoms with E-state index in [0.29, 0.717) is 25.7 Å². The van der Waals surface area contributed by atoms with Gasteiger partial charge in [0.15, 0.2) is 5.11 Å². The molecule has 0 aliphatic carbocycles. The fraction of sp³-hybridized carbons (Fsp3) is 0.333. The first-order valence-electron chi connectivity index (χ1n) is 10.9. The topological polar surface area (TPSA) is 36.3 Å². The molecular formula is C24H25Cl3FN5S. The van der Waals surface area contributed by atoms with E-state index in [1.807, 2.05) is 26.0 Å². The summed E-state index contributed by atoms with van der Waals surface area (Å²) in [6, 6.07) is 10.3.